The average Bonchev–Trinajstić information content (AvgIpc) is 2.52. The highest BCUT2D eigenvalue weighted by Gasteiger charge is 2.26. The molecule has 1 saturated heterocycles. The normalized spacial score (nSPS) is 18.8. The Morgan fingerprint density at radius 2 is 2.19 bits per heavy atom. The van der Waals surface area contributed by atoms with Crippen molar-refractivity contribution in [2.75, 3.05) is 32.9 Å². The lowest BCUT2D eigenvalue weighted by Crippen LogP contribution is -2.43. The van der Waals surface area contributed by atoms with Gasteiger partial charge in [0.1, 0.15) is 5.82 Å². The van der Waals surface area contributed by atoms with E-state index in [0.717, 1.165) is 12.8 Å². The fourth-order valence-electron chi connectivity index (χ4n) is 2.48. The van der Waals surface area contributed by atoms with Crippen molar-refractivity contribution in [2.45, 2.75) is 25.9 Å². The SMILES string of the molecule is CCOCCO[C@@H]1CCCN(C(=O)c2ccccc2F)C1. The maximum absolute atomic E-state index is 13.7. The second-order valence-corrected chi connectivity index (χ2v) is 5.06. The van der Waals surface area contributed by atoms with Gasteiger partial charge in [0.15, 0.2) is 0 Å². The van der Waals surface area contributed by atoms with E-state index < -0.39 is 5.82 Å². The lowest BCUT2D eigenvalue weighted by atomic mass is 10.1. The van der Waals surface area contributed by atoms with E-state index in [4.69, 9.17) is 9.47 Å². The Morgan fingerprint density at radius 1 is 1.38 bits per heavy atom. The third kappa shape index (κ3) is 4.51. The molecular formula is C16H22FNO3. The molecule has 116 valence electrons. The minimum absolute atomic E-state index is 0.00919. The van der Waals surface area contributed by atoms with Gasteiger partial charge >= 0.3 is 0 Å². The molecule has 5 heteroatoms. The van der Waals surface area contributed by atoms with Gasteiger partial charge in [-0.1, -0.05) is 12.1 Å². The lowest BCUT2D eigenvalue weighted by molar-refractivity contribution is -0.0226. The van der Waals surface area contributed by atoms with Crippen LogP contribution in [0.4, 0.5) is 4.39 Å². The van der Waals surface area contributed by atoms with Crippen LogP contribution in [0.5, 0.6) is 0 Å². The molecule has 1 atom stereocenters. The first-order chi connectivity index (χ1) is 10.2. The van der Waals surface area contributed by atoms with E-state index in [1.54, 1.807) is 17.0 Å². The minimum Gasteiger partial charge on any atom is -0.379 e. The number of piperidine rings is 1. The molecule has 0 N–H and O–H groups in total. The topological polar surface area (TPSA) is 38.8 Å². The zero-order valence-electron chi connectivity index (χ0n) is 12.4. The summed E-state index contributed by atoms with van der Waals surface area (Å²) in [4.78, 5) is 14.0. The van der Waals surface area contributed by atoms with Crippen LogP contribution in [0.1, 0.15) is 30.1 Å². The molecule has 4 nitrogen and oxygen atoms in total. The van der Waals surface area contributed by atoms with Crippen molar-refractivity contribution in [2.24, 2.45) is 0 Å². The van der Waals surface area contributed by atoms with E-state index in [0.29, 0.717) is 32.9 Å². The fourth-order valence-corrected chi connectivity index (χ4v) is 2.48. The molecule has 0 bridgehead atoms. The molecule has 1 amide bonds. The Balaban J connectivity index is 1.88. The molecule has 0 spiro atoms. The lowest BCUT2D eigenvalue weighted by Gasteiger charge is -2.32. The van der Waals surface area contributed by atoms with Crippen LogP contribution in [0, 0.1) is 5.82 Å². The fraction of sp³-hybridized carbons (Fsp3) is 0.562. The van der Waals surface area contributed by atoms with Crippen LogP contribution in [0.3, 0.4) is 0 Å². The standard InChI is InChI=1S/C16H22FNO3/c1-2-20-10-11-21-13-6-5-9-18(12-13)16(19)14-7-3-4-8-15(14)17/h3-4,7-8,13H,2,5-6,9-12H2,1H3/t13-/m1/s1. The van der Waals surface area contributed by atoms with E-state index in [9.17, 15) is 9.18 Å². The molecule has 1 aliphatic heterocycles. The maximum Gasteiger partial charge on any atom is 0.256 e. The molecule has 1 heterocycles. The molecule has 1 aliphatic rings. The zero-order chi connectivity index (χ0) is 15.1. The zero-order valence-corrected chi connectivity index (χ0v) is 12.4. The van der Waals surface area contributed by atoms with Crippen LogP contribution in [0.15, 0.2) is 24.3 Å². The van der Waals surface area contributed by atoms with Crippen LogP contribution in [-0.4, -0.2) is 49.8 Å². The summed E-state index contributed by atoms with van der Waals surface area (Å²) in [6, 6.07) is 6.10. The van der Waals surface area contributed by atoms with Gasteiger partial charge in [-0.2, -0.15) is 0 Å². The summed E-state index contributed by atoms with van der Waals surface area (Å²) in [5, 5.41) is 0. The van der Waals surface area contributed by atoms with Gasteiger partial charge in [0.2, 0.25) is 0 Å². The van der Waals surface area contributed by atoms with E-state index in [2.05, 4.69) is 0 Å². The van der Waals surface area contributed by atoms with Crippen LogP contribution in [0.2, 0.25) is 0 Å². The molecule has 1 aromatic rings. The van der Waals surface area contributed by atoms with Crippen molar-refractivity contribution in [1.82, 2.24) is 4.90 Å². The van der Waals surface area contributed by atoms with Gasteiger partial charge < -0.3 is 14.4 Å². The van der Waals surface area contributed by atoms with E-state index >= 15 is 0 Å². The van der Waals surface area contributed by atoms with E-state index in [1.165, 1.54) is 12.1 Å². The molecule has 1 fully saturated rings. The number of amides is 1. The number of carbonyl (C=O) groups excluding carboxylic acids is 1. The highest BCUT2D eigenvalue weighted by Crippen LogP contribution is 2.17. The largest absolute Gasteiger partial charge is 0.379 e. The number of hydrogen-bond donors (Lipinski definition) is 0. The Labute approximate surface area is 124 Å². The number of benzene rings is 1. The van der Waals surface area contributed by atoms with Gasteiger partial charge in [-0.25, -0.2) is 4.39 Å². The molecule has 0 saturated carbocycles. The summed E-state index contributed by atoms with van der Waals surface area (Å²) in [6.07, 6.45) is 1.81. The number of rotatable bonds is 6. The van der Waals surface area contributed by atoms with Crippen molar-refractivity contribution in [3.05, 3.63) is 35.6 Å². The Kier molecular flexibility index (Phi) is 6.14. The third-order valence-corrected chi connectivity index (χ3v) is 3.55. The molecule has 1 aromatic carbocycles. The van der Waals surface area contributed by atoms with Gasteiger partial charge in [0, 0.05) is 19.7 Å². The van der Waals surface area contributed by atoms with Crippen LogP contribution < -0.4 is 0 Å². The number of likely N-dealkylation sites (tertiary alicyclic amines) is 1. The Hall–Kier alpha value is -1.46. The first-order valence-electron chi connectivity index (χ1n) is 7.45. The number of hydrogen-bond acceptors (Lipinski definition) is 3. The number of halogens is 1. The van der Waals surface area contributed by atoms with Gasteiger partial charge in [-0.15, -0.1) is 0 Å². The molecule has 0 unspecified atom stereocenters. The smallest absolute Gasteiger partial charge is 0.256 e. The quantitative estimate of drug-likeness (QED) is 0.757. The Morgan fingerprint density at radius 3 is 2.95 bits per heavy atom. The number of ether oxygens (including phenoxy) is 2. The number of carbonyl (C=O) groups is 1. The second-order valence-electron chi connectivity index (χ2n) is 5.06. The van der Waals surface area contributed by atoms with Crippen LogP contribution >= 0.6 is 0 Å². The van der Waals surface area contributed by atoms with Crippen LogP contribution in [0.25, 0.3) is 0 Å². The first kappa shape index (κ1) is 15.9. The summed E-state index contributed by atoms with van der Waals surface area (Å²) in [7, 11) is 0. The molecule has 0 aliphatic carbocycles. The maximum atomic E-state index is 13.7. The predicted octanol–water partition coefficient (Wildman–Crippen LogP) is 2.48. The van der Waals surface area contributed by atoms with E-state index in [1.807, 2.05) is 6.92 Å². The van der Waals surface area contributed by atoms with Crippen molar-refractivity contribution in [1.29, 1.82) is 0 Å². The Bertz CT molecular complexity index is 467. The summed E-state index contributed by atoms with van der Waals surface area (Å²) >= 11 is 0. The first-order valence-corrected chi connectivity index (χ1v) is 7.45. The van der Waals surface area contributed by atoms with E-state index in [-0.39, 0.29) is 17.6 Å². The van der Waals surface area contributed by atoms with Gasteiger partial charge in [-0.05, 0) is 31.9 Å². The summed E-state index contributed by atoms with van der Waals surface area (Å²) < 4.78 is 24.6. The van der Waals surface area contributed by atoms with Crippen molar-refractivity contribution in [3.8, 4) is 0 Å². The third-order valence-electron chi connectivity index (χ3n) is 3.55. The molecule has 0 radical (unpaired) electrons. The molecule has 2 rings (SSSR count). The monoisotopic (exact) mass is 295 g/mol. The molecule has 0 aromatic heterocycles. The highest BCUT2D eigenvalue weighted by molar-refractivity contribution is 5.94. The van der Waals surface area contributed by atoms with Crippen LogP contribution in [-0.2, 0) is 9.47 Å². The minimum atomic E-state index is -0.470. The highest BCUT2D eigenvalue weighted by atomic mass is 19.1. The van der Waals surface area contributed by atoms with Crippen molar-refractivity contribution in [3.63, 3.8) is 0 Å². The molecular weight excluding hydrogens is 273 g/mol. The van der Waals surface area contributed by atoms with Crippen molar-refractivity contribution >= 4 is 5.91 Å². The van der Waals surface area contributed by atoms with Gasteiger partial charge in [0.25, 0.3) is 5.91 Å². The van der Waals surface area contributed by atoms with Gasteiger partial charge in [0.05, 0.1) is 24.9 Å². The van der Waals surface area contributed by atoms with Crippen molar-refractivity contribution < 1.29 is 18.7 Å². The summed E-state index contributed by atoms with van der Waals surface area (Å²) in [5.41, 5.74) is 0.132. The second kappa shape index (κ2) is 8.10. The average molecular weight is 295 g/mol. The number of nitrogens with zero attached hydrogens (tertiary/aromatic N) is 1. The predicted molar refractivity (Wildman–Crippen MR) is 77.8 cm³/mol. The van der Waals surface area contributed by atoms with Gasteiger partial charge in [-0.3, -0.25) is 4.79 Å². The summed E-state index contributed by atoms with van der Waals surface area (Å²) in [6.45, 7) is 4.87. The summed E-state index contributed by atoms with van der Waals surface area (Å²) in [5.74, 6) is -0.729. The molecule has 21 heavy (non-hydrogen) atoms.